The number of halogens is 1. The van der Waals surface area contributed by atoms with Crippen LogP contribution < -0.4 is 10.1 Å². The van der Waals surface area contributed by atoms with E-state index in [9.17, 15) is 14.0 Å². The van der Waals surface area contributed by atoms with Gasteiger partial charge in [-0.25, -0.2) is 9.18 Å². The number of carboxylic acid groups (broad SMARTS) is 1. The van der Waals surface area contributed by atoms with Crippen LogP contribution in [-0.4, -0.2) is 29.6 Å². The first kappa shape index (κ1) is 16.7. The van der Waals surface area contributed by atoms with Gasteiger partial charge in [0.15, 0.2) is 6.61 Å². The number of carbonyl (C=O) groups excluding carboxylic acids is 1. The molecule has 0 aliphatic heterocycles. The van der Waals surface area contributed by atoms with Gasteiger partial charge in [0.05, 0.1) is 0 Å². The maximum atomic E-state index is 13.4. The summed E-state index contributed by atoms with van der Waals surface area (Å²) in [4.78, 5) is 22.0. The predicted octanol–water partition coefficient (Wildman–Crippen LogP) is 2.22. The van der Waals surface area contributed by atoms with E-state index in [1.165, 1.54) is 18.2 Å². The molecule has 1 unspecified atom stereocenters. The molecule has 0 aliphatic carbocycles. The second-order valence-corrected chi connectivity index (χ2v) is 4.56. The van der Waals surface area contributed by atoms with E-state index < -0.39 is 11.8 Å². The van der Waals surface area contributed by atoms with Gasteiger partial charge >= 0.3 is 5.97 Å². The van der Waals surface area contributed by atoms with Crippen molar-refractivity contribution in [2.75, 3.05) is 6.61 Å². The van der Waals surface area contributed by atoms with E-state index in [4.69, 9.17) is 9.84 Å². The summed E-state index contributed by atoms with van der Waals surface area (Å²) < 4.78 is 18.6. The first-order valence-electron chi connectivity index (χ1n) is 6.54. The van der Waals surface area contributed by atoms with Crippen LogP contribution in [0.1, 0.15) is 25.8 Å². The summed E-state index contributed by atoms with van der Waals surface area (Å²) in [6.45, 7) is 3.59. The molecule has 0 saturated carbocycles. The van der Waals surface area contributed by atoms with Crippen LogP contribution in [0.4, 0.5) is 4.39 Å². The summed E-state index contributed by atoms with van der Waals surface area (Å²) in [5, 5.41) is 11.3. The first-order valence-corrected chi connectivity index (χ1v) is 6.54. The van der Waals surface area contributed by atoms with Gasteiger partial charge in [-0.05, 0) is 37.1 Å². The summed E-state index contributed by atoms with van der Waals surface area (Å²) in [6, 6.07) is 3.81. The Morgan fingerprint density at radius 3 is 2.76 bits per heavy atom. The summed E-state index contributed by atoms with van der Waals surface area (Å²) in [6.07, 6.45) is 2.95. The van der Waals surface area contributed by atoms with Crippen LogP contribution in [0.25, 0.3) is 6.08 Å². The summed E-state index contributed by atoms with van der Waals surface area (Å²) in [5.74, 6) is -1.83. The largest absolute Gasteiger partial charge is 0.484 e. The summed E-state index contributed by atoms with van der Waals surface area (Å²) in [7, 11) is 0. The lowest BCUT2D eigenvalue weighted by molar-refractivity contribution is -0.131. The second kappa shape index (κ2) is 8.04. The van der Waals surface area contributed by atoms with Crippen LogP contribution in [0.5, 0.6) is 5.75 Å². The minimum Gasteiger partial charge on any atom is -0.484 e. The molecule has 0 aromatic heterocycles. The molecule has 0 fully saturated rings. The third-order valence-electron chi connectivity index (χ3n) is 2.70. The van der Waals surface area contributed by atoms with E-state index in [1.54, 1.807) is 0 Å². The highest BCUT2D eigenvalue weighted by Gasteiger charge is 2.07. The number of hydrogen-bond donors (Lipinski definition) is 2. The van der Waals surface area contributed by atoms with Crippen molar-refractivity contribution in [3.8, 4) is 5.75 Å². The topological polar surface area (TPSA) is 75.6 Å². The Balaban J connectivity index is 2.67. The second-order valence-electron chi connectivity index (χ2n) is 4.56. The lowest BCUT2D eigenvalue weighted by atomic mass is 10.2. The highest BCUT2D eigenvalue weighted by atomic mass is 19.1. The van der Waals surface area contributed by atoms with Gasteiger partial charge in [-0.3, -0.25) is 4.79 Å². The van der Waals surface area contributed by atoms with Crippen molar-refractivity contribution < 1.29 is 23.8 Å². The normalized spacial score (nSPS) is 12.1. The zero-order valence-electron chi connectivity index (χ0n) is 11.9. The predicted molar refractivity (Wildman–Crippen MR) is 76.5 cm³/mol. The molecule has 0 aliphatic rings. The Morgan fingerprint density at radius 1 is 1.43 bits per heavy atom. The number of rotatable bonds is 7. The fraction of sp³-hybridized carbons (Fsp3) is 0.333. The Bertz CT molecular complexity index is 542. The zero-order chi connectivity index (χ0) is 15.8. The number of carboxylic acids is 1. The quantitative estimate of drug-likeness (QED) is 0.756. The standard InChI is InChI=1S/C15H18FNO4/c1-3-10(2)17-14(18)9-21-13-7-11(4-5-15(19)20)6-12(16)8-13/h4-8,10H,3,9H2,1-2H3,(H,17,18)(H,19,20)/b5-4+. The maximum absolute atomic E-state index is 13.4. The minimum absolute atomic E-state index is 0.0441. The fourth-order valence-electron chi connectivity index (χ4n) is 1.50. The van der Waals surface area contributed by atoms with Crippen molar-refractivity contribution in [3.63, 3.8) is 0 Å². The van der Waals surface area contributed by atoms with E-state index >= 15 is 0 Å². The third-order valence-corrected chi connectivity index (χ3v) is 2.70. The van der Waals surface area contributed by atoms with Crippen molar-refractivity contribution in [2.45, 2.75) is 26.3 Å². The van der Waals surface area contributed by atoms with Gasteiger partial charge in [-0.2, -0.15) is 0 Å². The minimum atomic E-state index is -1.13. The van der Waals surface area contributed by atoms with Crippen LogP contribution in [-0.2, 0) is 9.59 Å². The molecular formula is C15H18FNO4. The van der Waals surface area contributed by atoms with Gasteiger partial charge in [0.25, 0.3) is 5.91 Å². The Kier molecular flexibility index (Phi) is 6.39. The Hall–Kier alpha value is -2.37. The number of ether oxygens (including phenoxy) is 1. The molecule has 0 bridgehead atoms. The van der Waals surface area contributed by atoms with E-state index in [1.807, 2.05) is 13.8 Å². The van der Waals surface area contributed by atoms with Gasteiger partial charge in [0.1, 0.15) is 11.6 Å². The molecule has 6 heteroatoms. The number of amides is 1. The lowest BCUT2D eigenvalue weighted by Crippen LogP contribution is -2.35. The molecule has 0 spiro atoms. The molecule has 1 atom stereocenters. The maximum Gasteiger partial charge on any atom is 0.328 e. The zero-order valence-corrected chi connectivity index (χ0v) is 11.9. The summed E-state index contributed by atoms with van der Waals surface area (Å²) in [5.41, 5.74) is 0.342. The van der Waals surface area contributed by atoms with Crippen LogP contribution in [0.2, 0.25) is 0 Å². The number of hydrogen-bond acceptors (Lipinski definition) is 3. The van der Waals surface area contributed by atoms with Gasteiger partial charge in [-0.15, -0.1) is 0 Å². The highest BCUT2D eigenvalue weighted by molar-refractivity contribution is 5.85. The van der Waals surface area contributed by atoms with Gasteiger partial charge in [0, 0.05) is 18.2 Å². The van der Waals surface area contributed by atoms with E-state index in [0.29, 0.717) is 5.56 Å². The van der Waals surface area contributed by atoms with Crippen LogP contribution in [0, 0.1) is 5.82 Å². The van der Waals surface area contributed by atoms with Crippen molar-refractivity contribution in [1.82, 2.24) is 5.32 Å². The van der Waals surface area contributed by atoms with Crippen molar-refractivity contribution >= 4 is 18.0 Å². The highest BCUT2D eigenvalue weighted by Crippen LogP contribution is 2.17. The van der Waals surface area contributed by atoms with E-state index in [0.717, 1.165) is 18.6 Å². The molecule has 0 heterocycles. The average Bonchev–Trinajstić information content (AvgIpc) is 2.42. The van der Waals surface area contributed by atoms with Crippen molar-refractivity contribution in [3.05, 3.63) is 35.7 Å². The summed E-state index contributed by atoms with van der Waals surface area (Å²) >= 11 is 0. The molecule has 0 saturated heterocycles. The molecule has 21 heavy (non-hydrogen) atoms. The molecule has 1 aromatic rings. The van der Waals surface area contributed by atoms with Crippen LogP contribution >= 0.6 is 0 Å². The smallest absolute Gasteiger partial charge is 0.328 e. The molecule has 1 aromatic carbocycles. The van der Waals surface area contributed by atoms with Gasteiger partial charge < -0.3 is 15.2 Å². The fourth-order valence-corrected chi connectivity index (χ4v) is 1.50. The molecule has 5 nitrogen and oxygen atoms in total. The molecule has 1 amide bonds. The third kappa shape index (κ3) is 6.56. The number of carbonyl (C=O) groups is 2. The lowest BCUT2D eigenvalue weighted by Gasteiger charge is -2.12. The molecule has 1 rings (SSSR count). The SMILES string of the molecule is CCC(C)NC(=O)COc1cc(F)cc(/C=C/C(=O)O)c1. The Morgan fingerprint density at radius 2 is 2.14 bits per heavy atom. The molecular weight excluding hydrogens is 277 g/mol. The molecule has 0 radical (unpaired) electrons. The first-order chi connectivity index (χ1) is 9.90. The van der Waals surface area contributed by atoms with Gasteiger partial charge in [-0.1, -0.05) is 6.92 Å². The molecule has 2 N–H and O–H groups in total. The molecule has 114 valence electrons. The number of benzene rings is 1. The van der Waals surface area contributed by atoms with E-state index in [2.05, 4.69) is 5.32 Å². The van der Waals surface area contributed by atoms with Crippen LogP contribution in [0.3, 0.4) is 0 Å². The monoisotopic (exact) mass is 295 g/mol. The number of aliphatic carboxylic acids is 1. The average molecular weight is 295 g/mol. The van der Waals surface area contributed by atoms with Crippen molar-refractivity contribution in [2.24, 2.45) is 0 Å². The van der Waals surface area contributed by atoms with Gasteiger partial charge in [0.2, 0.25) is 0 Å². The van der Waals surface area contributed by atoms with Crippen LogP contribution in [0.15, 0.2) is 24.3 Å². The van der Waals surface area contributed by atoms with Crippen molar-refractivity contribution in [1.29, 1.82) is 0 Å². The Labute approximate surface area is 122 Å². The number of nitrogens with one attached hydrogen (secondary N) is 1. The van der Waals surface area contributed by atoms with E-state index in [-0.39, 0.29) is 24.3 Å².